The van der Waals surface area contributed by atoms with Crippen molar-refractivity contribution in [2.45, 2.75) is 19.8 Å². The summed E-state index contributed by atoms with van der Waals surface area (Å²) in [6, 6.07) is 5.58. The number of nitrogens with two attached hydrogens (primary N) is 1. The number of ether oxygens (including phenoxy) is 1. The van der Waals surface area contributed by atoms with Crippen molar-refractivity contribution < 1.29 is 14.6 Å². The molecule has 1 amide bonds. The maximum Gasteiger partial charge on any atom is 0.222 e. The Morgan fingerprint density at radius 1 is 1.47 bits per heavy atom. The van der Waals surface area contributed by atoms with Crippen molar-refractivity contribution in [3.63, 3.8) is 0 Å². The predicted octanol–water partition coefficient (Wildman–Crippen LogP) is 1.05. The predicted molar refractivity (Wildman–Crippen MR) is 75.1 cm³/mol. The molecule has 3 N–H and O–H groups in total. The lowest BCUT2D eigenvalue weighted by Gasteiger charge is -2.15. The van der Waals surface area contributed by atoms with Crippen molar-refractivity contribution in [2.75, 3.05) is 32.5 Å². The van der Waals surface area contributed by atoms with Gasteiger partial charge >= 0.3 is 0 Å². The van der Waals surface area contributed by atoms with Gasteiger partial charge in [-0.15, -0.1) is 0 Å². The molecule has 0 aromatic heterocycles. The molecule has 0 aliphatic carbocycles. The van der Waals surface area contributed by atoms with Gasteiger partial charge in [0.1, 0.15) is 5.75 Å². The number of carbonyl (C=O) groups excluding carboxylic acids is 1. The summed E-state index contributed by atoms with van der Waals surface area (Å²) in [5.41, 5.74) is 7.47. The molecule has 0 unspecified atom stereocenters. The summed E-state index contributed by atoms with van der Waals surface area (Å²) in [5.74, 6) is 0.691. The van der Waals surface area contributed by atoms with Gasteiger partial charge in [0.2, 0.25) is 5.91 Å². The molecule has 0 heterocycles. The second kappa shape index (κ2) is 7.63. The van der Waals surface area contributed by atoms with Crippen LogP contribution in [0.25, 0.3) is 0 Å². The Bertz CT molecular complexity index is 421. The number of carbonyl (C=O) groups is 1. The minimum atomic E-state index is -0.0156. The van der Waals surface area contributed by atoms with Crippen LogP contribution in [0.3, 0.4) is 0 Å². The van der Waals surface area contributed by atoms with E-state index in [-0.39, 0.29) is 12.5 Å². The van der Waals surface area contributed by atoms with Crippen LogP contribution in [0.5, 0.6) is 5.75 Å². The molecule has 0 saturated carbocycles. The van der Waals surface area contributed by atoms with E-state index in [4.69, 9.17) is 15.6 Å². The van der Waals surface area contributed by atoms with Gasteiger partial charge in [0.15, 0.2) is 0 Å². The minimum absolute atomic E-state index is 0.0153. The fourth-order valence-corrected chi connectivity index (χ4v) is 1.76. The van der Waals surface area contributed by atoms with Gasteiger partial charge in [-0.1, -0.05) is 6.07 Å². The number of aliphatic hydroxyl groups excluding tert-OH is 1. The van der Waals surface area contributed by atoms with Crippen molar-refractivity contribution in [1.29, 1.82) is 0 Å². The van der Waals surface area contributed by atoms with Gasteiger partial charge in [-0.25, -0.2) is 0 Å². The van der Waals surface area contributed by atoms with Gasteiger partial charge in [0, 0.05) is 20.0 Å². The van der Waals surface area contributed by atoms with Crippen molar-refractivity contribution in [2.24, 2.45) is 0 Å². The lowest BCUT2D eigenvalue weighted by molar-refractivity contribution is -0.130. The first-order valence-electron chi connectivity index (χ1n) is 6.44. The van der Waals surface area contributed by atoms with E-state index >= 15 is 0 Å². The van der Waals surface area contributed by atoms with Gasteiger partial charge in [-0.2, -0.15) is 0 Å². The molecule has 5 heteroatoms. The van der Waals surface area contributed by atoms with Gasteiger partial charge in [0.25, 0.3) is 0 Å². The molecular formula is C14H22N2O3. The first-order chi connectivity index (χ1) is 9.08. The maximum absolute atomic E-state index is 11.7. The molecule has 19 heavy (non-hydrogen) atoms. The van der Waals surface area contributed by atoms with Crippen LogP contribution >= 0.6 is 0 Å². The van der Waals surface area contributed by atoms with Crippen molar-refractivity contribution in [3.8, 4) is 5.75 Å². The average molecular weight is 266 g/mol. The Kier molecular flexibility index (Phi) is 6.15. The van der Waals surface area contributed by atoms with Gasteiger partial charge in [-0.3, -0.25) is 4.79 Å². The monoisotopic (exact) mass is 266 g/mol. The van der Waals surface area contributed by atoms with Crippen LogP contribution in [-0.2, 0) is 11.2 Å². The zero-order valence-electron chi connectivity index (χ0n) is 11.6. The van der Waals surface area contributed by atoms with Crippen LogP contribution in [0.15, 0.2) is 18.2 Å². The van der Waals surface area contributed by atoms with Crippen LogP contribution in [0.2, 0.25) is 0 Å². The lowest BCUT2D eigenvalue weighted by atomic mass is 10.1. The summed E-state index contributed by atoms with van der Waals surface area (Å²) < 4.78 is 5.36. The highest BCUT2D eigenvalue weighted by atomic mass is 16.5. The fraction of sp³-hybridized carbons (Fsp3) is 0.500. The van der Waals surface area contributed by atoms with E-state index < -0.39 is 0 Å². The highest BCUT2D eigenvalue weighted by molar-refractivity contribution is 5.76. The summed E-state index contributed by atoms with van der Waals surface area (Å²) in [5, 5.41) is 8.76. The molecular weight excluding hydrogens is 244 g/mol. The third-order valence-corrected chi connectivity index (χ3v) is 2.86. The van der Waals surface area contributed by atoms with E-state index in [1.807, 2.05) is 25.1 Å². The van der Waals surface area contributed by atoms with Gasteiger partial charge in [0.05, 0.1) is 18.9 Å². The number of anilines is 1. The lowest BCUT2D eigenvalue weighted by Crippen LogP contribution is -2.29. The molecule has 0 atom stereocenters. The zero-order chi connectivity index (χ0) is 14.3. The number of nitrogens with zero attached hydrogens (tertiary/aromatic N) is 1. The Labute approximate surface area is 114 Å². The fourth-order valence-electron chi connectivity index (χ4n) is 1.76. The van der Waals surface area contributed by atoms with E-state index in [0.717, 1.165) is 5.56 Å². The Hall–Kier alpha value is -1.75. The number of rotatable bonds is 7. The van der Waals surface area contributed by atoms with Crippen molar-refractivity contribution in [3.05, 3.63) is 23.8 Å². The number of hydrogen-bond acceptors (Lipinski definition) is 4. The average Bonchev–Trinajstić information content (AvgIpc) is 2.39. The maximum atomic E-state index is 11.7. The van der Waals surface area contributed by atoms with Crippen molar-refractivity contribution >= 4 is 11.6 Å². The molecule has 0 spiro atoms. The Morgan fingerprint density at radius 3 is 2.79 bits per heavy atom. The standard InChI is InChI=1S/C14H22N2O3/c1-3-19-13-6-4-11(10-12(13)15)5-7-14(18)16(2)8-9-17/h4,6,10,17H,3,5,7-9,15H2,1-2H3. The second-order valence-electron chi connectivity index (χ2n) is 4.34. The van der Waals surface area contributed by atoms with E-state index in [0.29, 0.717) is 37.4 Å². The summed E-state index contributed by atoms with van der Waals surface area (Å²) in [6.07, 6.45) is 1.04. The number of nitrogen functional groups attached to an aromatic ring is 1. The number of benzene rings is 1. The van der Waals surface area contributed by atoms with Crippen LogP contribution < -0.4 is 10.5 Å². The van der Waals surface area contributed by atoms with E-state index in [1.54, 1.807) is 7.05 Å². The Morgan fingerprint density at radius 2 is 2.21 bits per heavy atom. The molecule has 0 aliphatic rings. The summed E-state index contributed by atoms with van der Waals surface area (Å²) in [6.45, 7) is 2.83. The molecule has 1 aromatic carbocycles. The van der Waals surface area contributed by atoms with E-state index in [2.05, 4.69) is 0 Å². The second-order valence-corrected chi connectivity index (χ2v) is 4.34. The Balaban J connectivity index is 2.54. The highest BCUT2D eigenvalue weighted by Gasteiger charge is 2.09. The zero-order valence-corrected chi connectivity index (χ0v) is 11.6. The molecule has 0 radical (unpaired) electrons. The molecule has 0 fully saturated rings. The molecule has 1 aromatic rings. The van der Waals surface area contributed by atoms with Crippen LogP contribution in [-0.4, -0.2) is 42.7 Å². The third-order valence-electron chi connectivity index (χ3n) is 2.86. The van der Waals surface area contributed by atoms with Crippen LogP contribution in [0.4, 0.5) is 5.69 Å². The number of amides is 1. The topological polar surface area (TPSA) is 75.8 Å². The minimum Gasteiger partial charge on any atom is -0.492 e. The molecule has 1 rings (SSSR count). The normalized spacial score (nSPS) is 10.3. The summed E-state index contributed by atoms with van der Waals surface area (Å²) in [4.78, 5) is 13.2. The highest BCUT2D eigenvalue weighted by Crippen LogP contribution is 2.23. The first-order valence-corrected chi connectivity index (χ1v) is 6.44. The first kappa shape index (κ1) is 15.3. The van der Waals surface area contributed by atoms with Gasteiger partial charge < -0.3 is 20.5 Å². The number of aryl methyl sites for hydroxylation is 1. The quantitative estimate of drug-likeness (QED) is 0.723. The van der Waals surface area contributed by atoms with E-state index in [9.17, 15) is 4.79 Å². The number of aliphatic hydroxyl groups is 1. The third kappa shape index (κ3) is 4.79. The smallest absolute Gasteiger partial charge is 0.222 e. The molecule has 0 aliphatic heterocycles. The van der Waals surface area contributed by atoms with Crippen LogP contribution in [0.1, 0.15) is 18.9 Å². The summed E-state index contributed by atoms with van der Waals surface area (Å²) >= 11 is 0. The molecule has 0 saturated heterocycles. The SMILES string of the molecule is CCOc1ccc(CCC(=O)N(C)CCO)cc1N. The van der Waals surface area contributed by atoms with Crippen molar-refractivity contribution in [1.82, 2.24) is 4.90 Å². The van der Waals surface area contributed by atoms with Gasteiger partial charge in [-0.05, 0) is 31.0 Å². The summed E-state index contributed by atoms with van der Waals surface area (Å²) in [7, 11) is 1.69. The number of hydrogen-bond donors (Lipinski definition) is 2. The molecule has 5 nitrogen and oxygen atoms in total. The molecule has 106 valence electrons. The number of likely N-dealkylation sites (N-methyl/N-ethyl adjacent to an activating group) is 1. The van der Waals surface area contributed by atoms with Crippen LogP contribution in [0, 0.1) is 0 Å². The van der Waals surface area contributed by atoms with E-state index in [1.165, 1.54) is 4.90 Å². The largest absolute Gasteiger partial charge is 0.492 e. The molecule has 0 bridgehead atoms.